The summed E-state index contributed by atoms with van der Waals surface area (Å²) in [5.41, 5.74) is 1.14. The van der Waals surface area contributed by atoms with Gasteiger partial charge in [0.25, 0.3) is 5.91 Å². The molecule has 94 valence electrons. The molecular formula is C14H11N3O2. The number of nitrogens with zero attached hydrogens (tertiary/aromatic N) is 2. The fraction of sp³-hybridized carbons (Fsp3) is 0.0714. The molecule has 5 nitrogen and oxygen atoms in total. The summed E-state index contributed by atoms with van der Waals surface area (Å²) in [6.07, 6.45) is 3.11. The van der Waals surface area contributed by atoms with Crippen molar-refractivity contribution in [2.24, 2.45) is 0 Å². The van der Waals surface area contributed by atoms with Gasteiger partial charge in [-0.05, 0) is 36.4 Å². The maximum absolute atomic E-state index is 11.8. The molecule has 2 rings (SSSR count). The molecule has 0 aliphatic carbocycles. The zero-order chi connectivity index (χ0) is 13.5. The number of aromatic nitrogens is 1. The van der Waals surface area contributed by atoms with Crippen LogP contribution < -0.4 is 10.1 Å². The van der Waals surface area contributed by atoms with E-state index in [4.69, 9.17) is 10.00 Å². The molecule has 0 aliphatic heterocycles. The second-order valence-electron chi connectivity index (χ2n) is 3.67. The van der Waals surface area contributed by atoms with E-state index in [2.05, 4.69) is 10.3 Å². The number of pyridine rings is 1. The Morgan fingerprint density at radius 1 is 1.32 bits per heavy atom. The van der Waals surface area contributed by atoms with Gasteiger partial charge in [0.05, 0.1) is 5.56 Å². The van der Waals surface area contributed by atoms with Crippen molar-refractivity contribution in [2.45, 2.75) is 0 Å². The lowest BCUT2D eigenvalue weighted by molar-refractivity contribution is 0.102. The molecule has 1 heterocycles. The normalized spacial score (nSPS) is 9.42. The Labute approximate surface area is 110 Å². The van der Waals surface area contributed by atoms with Crippen LogP contribution in [-0.2, 0) is 0 Å². The summed E-state index contributed by atoms with van der Waals surface area (Å²) in [4.78, 5) is 15.7. The Morgan fingerprint density at radius 2 is 2.11 bits per heavy atom. The van der Waals surface area contributed by atoms with Gasteiger partial charge in [-0.15, -0.1) is 0 Å². The first-order valence-corrected chi connectivity index (χ1v) is 5.61. The molecule has 0 aliphatic rings. The zero-order valence-electron chi connectivity index (χ0n) is 10.0. The molecule has 19 heavy (non-hydrogen) atoms. The van der Waals surface area contributed by atoms with Crippen molar-refractivity contribution < 1.29 is 9.53 Å². The third-order valence-corrected chi connectivity index (χ3v) is 2.34. The molecule has 2 aromatic rings. The molecule has 0 fully saturated rings. The maximum Gasteiger partial charge on any atom is 0.257 e. The van der Waals surface area contributed by atoms with Crippen molar-refractivity contribution in [1.29, 1.82) is 5.26 Å². The van der Waals surface area contributed by atoms with Crippen molar-refractivity contribution in [3.63, 3.8) is 0 Å². The average Bonchev–Trinajstić information content (AvgIpc) is 2.47. The van der Waals surface area contributed by atoms with Crippen LogP contribution in [0.2, 0.25) is 0 Å². The summed E-state index contributed by atoms with van der Waals surface area (Å²) in [6.45, 7) is 0.00138. The number of nitrogens with one attached hydrogen (secondary N) is 1. The second-order valence-corrected chi connectivity index (χ2v) is 3.67. The number of carbonyl (C=O) groups is 1. The van der Waals surface area contributed by atoms with Crippen LogP contribution in [0.25, 0.3) is 0 Å². The first kappa shape index (κ1) is 12.6. The van der Waals surface area contributed by atoms with Crippen LogP contribution in [-0.4, -0.2) is 17.5 Å². The quantitative estimate of drug-likeness (QED) is 0.906. The summed E-state index contributed by atoms with van der Waals surface area (Å²) in [6, 6.07) is 12.1. The second kappa shape index (κ2) is 6.17. The van der Waals surface area contributed by atoms with E-state index in [1.54, 1.807) is 42.6 Å². The van der Waals surface area contributed by atoms with Crippen LogP contribution in [0, 0.1) is 11.3 Å². The molecule has 1 aromatic heterocycles. The molecule has 1 amide bonds. The minimum atomic E-state index is -0.223. The number of nitriles is 1. The predicted molar refractivity (Wildman–Crippen MR) is 69.7 cm³/mol. The Bertz CT molecular complexity index is 588. The third kappa shape index (κ3) is 3.54. The van der Waals surface area contributed by atoms with E-state index in [-0.39, 0.29) is 12.5 Å². The zero-order valence-corrected chi connectivity index (χ0v) is 10.0. The molecule has 0 saturated carbocycles. The summed E-state index contributed by atoms with van der Waals surface area (Å²) >= 11 is 0. The lowest BCUT2D eigenvalue weighted by Crippen LogP contribution is -2.11. The van der Waals surface area contributed by atoms with Crippen LogP contribution >= 0.6 is 0 Å². The molecule has 5 heteroatoms. The molecule has 0 spiro atoms. The Balaban J connectivity index is 2.00. The van der Waals surface area contributed by atoms with Gasteiger partial charge in [0.2, 0.25) is 0 Å². The van der Waals surface area contributed by atoms with E-state index < -0.39 is 0 Å². The number of carbonyl (C=O) groups excluding carboxylic acids is 1. The first-order valence-electron chi connectivity index (χ1n) is 5.61. The number of hydrogen-bond donors (Lipinski definition) is 1. The monoisotopic (exact) mass is 253 g/mol. The Morgan fingerprint density at radius 3 is 2.74 bits per heavy atom. The van der Waals surface area contributed by atoms with Gasteiger partial charge in [-0.25, -0.2) is 0 Å². The fourth-order valence-corrected chi connectivity index (χ4v) is 1.45. The van der Waals surface area contributed by atoms with Crippen molar-refractivity contribution in [3.05, 3.63) is 54.4 Å². The third-order valence-electron chi connectivity index (χ3n) is 2.34. The van der Waals surface area contributed by atoms with Gasteiger partial charge < -0.3 is 10.1 Å². The van der Waals surface area contributed by atoms with Gasteiger partial charge >= 0.3 is 0 Å². The largest absolute Gasteiger partial charge is 0.479 e. The van der Waals surface area contributed by atoms with Crippen molar-refractivity contribution in [1.82, 2.24) is 4.98 Å². The van der Waals surface area contributed by atoms with Crippen molar-refractivity contribution >= 4 is 11.6 Å². The molecule has 0 unspecified atom stereocenters. The van der Waals surface area contributed by atoms with Crippen molar-refractivity contribution in [2.75, 3.05) is 11.9 Å². The fourth-order valence-electron chi connectivity index (χ4n) is 1.45. The molecule has 0 bridgehead atoms. The SMILES string of the molecule is N#CCOc1ccc(NC(=O)c2cccnc2)cc1. The molecule has 0 atom stereocenters. The highest BCUT2D eigenvalue weighted by Gasteiger charge is 2.05. The van der Waals surface area contributed by atoms with E-state index in [9.17, 15) is 4.79 Å². The molecule has 0 saturated heterocycles. The number of rotatable bonds is 4. The van der Waals surface area contributed by atoms with Gasteiger partial charge in [-0.2, -0.15) is 5.26 Å². The van der Waals surface area contributed by atoms with Crippen LogP contribution in [0.3, 0.4) is 0 Å². The molecule has 1 N–H and O–H groups in total. The molecule has 0 radical (unpaired) electrons. The first-order chi connectivity index (χ1) is 9.29. The van der Waals surface area contributed by atoms with Gasteiger partial charge in [-0.3, -0.25) is 9.78 Å². The summed E-state index contributed by atoms with van der Waals surface area (Å²) in [5, 5.41) is 11.1. The van der Waals surface area contributed by atoms with Crippen LogP contribution in [0.15, 0.2) is 48.8 Å². The molecular weight excluding hydrogens is 242 g/mol. The number of benzene rings is 1. The Kier molecular flexibility index (Phi) is 4.09. The van der Waals surface area contributed by atoms with Gasteiger partial charge in [-0.1, -0.05) is 0 Å². The van der Waals surface area contributed by atoms with E-state index in [1.165, 1.54) is 6.20 Å². The number of ether oxygens (including phenoxy) is 1. The number of anilines is 1. The lowest BCUT2D eigenvalue weighted by atomic mass is 10.2. The van der Waals surface area contributed by atoms with E-state index in [0.717, 1.165) is 0 Å². The highest BCUT2D eigenvalue weighted by atomic mass is 16.5. The maximum atomic E-state index is 11.8. The summed E-state index contributed by atoms with van der Waals surface area (Å²) in [7, 11) is 0. The highest BCUT2D eigenvalue weighted by Crippen LogP contribution is 2.16. The highest BCUT2D eigenvalue weighted by molar-refractivity contribution is 6.04. The van der Waals surface area contributed by atoms with E-state index in [0.29, 0.717) is 17.0 Å². The van der Waals surface area contributed by atoms with E-state index in [1.807, 2.05) is 6.07 Å². The lowest BCUT2D eigenvalue weighted by Gasteiger charge is -2.06. The van der Waals surface area contributed by atoms with Crippen LogP contribution in [0.1, 0.15) is 10.4 Å². The topological polar surface area (TPSA) is 75.0 Å². The van der Waals surface area contributed by atoms with Crippen molar-refractivity contribution in [3.8, 4) is 11.8 Å². The van der Waals surface area contributed by atoms with E-state index >= 15 is 0 Å². The predicted octanol–water partition coefficient (Wildman–Crippen LogP) is 2.24. The average molecular weight is 253 g/mol. The minimum Gasteiger partial charge on any atom is -0.479 e. The number of amides is 1. The number of hydrogen-bond acceptors (Lipinski definition) is 4. The van der Waals surface area contributed by atoms with Gasteiger partial charge in [0.15, 0.2) is 6.61 Å². The molecule has 1 aromatic carbocycles. The summed E-state index contributed by atoms with van der Waals surface area (Å²) in [5.74, 6) is 0.361. The van der Waals surface area contributed by atoms with Gasteiger partial charge in [0, 0.05) is 18.1 Å². The van der Waals surface area contributed by atoms with Crippen LogP contribution in [0.4, 0.5) is 5.69 Å². The Hall–Kier alpha value is -2.87. The minimum absolute atomic E-state index is 0.00138. The van der Waals surface area contributed by atoms with Crippen LogP contribution in [0.5, 0.6) is 5.75 Å². The standard InChI is InChI=1S/C14H11N3O2/c15-7-9-19-13-5-3-12(4-6-13)17-14(18)11-2-1-8-16-10-11/h1-6,8,10H,9H2,(H,17,18). The van der Waals surface area contributed by atoms with Gasteiger partial charge in [0.1, 0.15) is 11.8 Å². The smallest absolute Gasteiger partial charge is 0.257 e. The summed E-state index contributed by atoms with van der Waals surface area (Å²) < 4.78 is 5.12.